The highest BCUT2D eigenvalue weighted by Gasteiger charge is 2.39. The van der Waals surface area contributed by atoms with Crippen molar-refractivity contribution in [1.29, 1.82) is 0 Å². The summed E-state index contributed by atoms with van der Waals surface area (Å²) in [6, 6.07) is 0. The molecule has 1 aliphatic heterocycles. The number of hydrogen-bond donors (Lipinski definition) is 1. The number of aryl methyl sites for hydroxylation is 1. The van der Waals surface area contributed by atoms with Crippen molar-refractivity contribution in [2.45, 2.75) is 38.2 Å². The predicted molar refractivity (Wildman–Crippen MR) is 86.2 cm³/mol. The van der Waals surface area contributed by atoms with E-state index in [4.69, 9.17) is 9.84 Å². The molecule has 1 atom stereocenters. The number of nitrogens with zero attached hydrogens (tertiary/aromatic N) is 3. The lowest BCUT2D eigenvalue weighted by Crippen LogP contribution is -2.52. The number of ether oxygens (including phenoxy) is 1. The third-order valence-corrected chi connectivity index (χ3v) is 5.33. The lowest BCUT2D eigenvalue weighted by molar-refractivity contribution is -0.156. The van der Waals surface area contributed by atoms with Crippen molar-refractivity contribution < 1.29 is 19.4 Å². The molecular formula is C17H25N3O4. The van der Waals surface area contributed by atoms with Crippen molar-refractivity contribution in [3.8, 4) is 0 Å². The van der Waals surface area contributed by atoms with Crippen LogP contribution in [0, 0.1) is 11.8 Å². The van der Waals surface area contributed by atoms with E-state index in [1.54, 1.807) is 10.9 Å². The van der Waals surface area contributed by atoms with Crippen molar-refractivity contribution in [3.63, 3.8) is 0 Å². The largest absolute Gasteiger partial charge is 0.481 e. The fourth-order valence-electron chi connectivity index (χ4n) is 3.77. The Hall–Kier alpha value is -1.89. The minimum Gasteiger partial charge on any atom is -0.481 e. The average Bonchev–Trinajstić information content (AvgIpc) is 3.02. The van der Waals surface area contributed by atoms with Gasteiger partial charge in [-0.05, 0) is 32.6 Å². The Labute approximate surface area is 141 Å². The molecule has 1 saturated heterocycles. The fraction of sp³-hybridized carbons (Fsp3) is 0.706. The Kier molecular flexibility index (Phi) is 4.62. The molecule has 7 heteroatoms. The van der Waals surface area contributed by atoms with Crippen LogP contribution in [0.2, 0.25) is 0 Å². The standard InChI is InChI=1S/C17H25N3O4/c1-17(14-9-18-19(2)10-14)11-20(7-8-24-17)15(21)12-3-5-13(6-4-12)16(22)23/h9-10,12-13H,3-8,11H2,1-2H3,(H,22,23). The van der Waals surface area contributed by atoms with Crippen LogP contribution in [0.3, 0.4) is 0 Å². The van der Waals surface area contributed by atoms with E-state index in [9.17, 15) is 9.59 Å². The van der Waals surface area contributed by atoms with Gasteiger partial charge < -0.3 is 14.7 Å². The van der Waals surface area contributed by atoms with Crippen molar-refractivity contribution in [1.82, 2.24) is 14.7 Å². The van der Waals surface area contributed by atoms with Gasteiger partial charge in [-0.15, -0.1) is 0 Å². The first-order chi connectivity index (χ1) is 11.4. The third kappa shape index (κ3) is 3.31. The summed E-state index contributed by atoms with van der Waals surface area (Å²) in [5.41, 5.74) is 0.428. The highest BCUT2D eigenvalue weighted by molar-refractivity contribution is 5.79. The summed E-state index contributed by atoms with van der Waals surface area (Å²) in [4.78, 5) is 25.8. The molecule has 0 spiro atoms. The molecule has 1 aliphatic carbocycles. The van der Waals surface area contributed by atoms with Gasteiger partial charge in [0.15, 0.2) is 0 Å². The minimum absolute atomic E-state index is 0.0585. The summed E-state index contributed by atoms with van der Waals surface area (Å²) < 4.78 is 7.69. The van der Waals surface area contributed by atoms with E-state index in [0.29, 0.717) is 45.4 Å². The molecule has 2 heterocycles. The van der Waals surface area contributed by atoms with Gasteiger partial charge in [0.1, 0.15) is 5.60 Å². The number of aliphatic carboxylic acids is 1. The molecule has 2 aliphatic rings. The van der Waals surface area contributed by atoms with E-state index in [1.165, 1.54) is 0 Å². The zero-order chi connectivity index (χ0) is 17.3. The van der Waals surface area contributed by atoms with Gasteiger partial charge in [0.05, 0.1) is 25.3 Å². The molecular weight excluding hydrogens is 310 g/mol. The van der Waals surface area contributed by atoms with Crippen LogP contribution in [0.5, 0.6) is 0 Å². The van der Waals surface area contributed by atoms with Crippen molar-refractivity contribution >= 4 is 11.9 Å². The first-order valence-electron chi connectivity index (χ1n) is 8.54. The summed E-state index contributed by atoms with van der Waals surface area (Å²) in [5.74, 6) is -0.954. The number of carboxylic acid groups (broad SMARTS) is 1. The average molecular weight is 335 g/mol. The van der Waals surface area contributed by atoms with Gasteiger partial charge in [-0.1, -0.05) is 0 Å². The van der Waals surface area contributed by atoms with E-state index in [1.807, 2.05) is 25.1 Å². The molecule has 0 radical (unpaired) electrons. The Morgan fingerprint density at radius 2 is 1.96 bits per heavy atom. The zero-order valence-corrected chi connectivity index (χ0v) is 14.3. The molecule has 1 amide bonds. The number of carboxylic acids is 1. The van der Waals surface area contributed by atoms with Gasteiger partial charge in [0.25, 0.3) is 0 Å². The van der Waals surface area contributed by atoms with E-state index in [2.05, 4.69) is 5.10 Å². The number of carbonyl (C=O) groups is 2. The second-order valence-corrected chi connectivity index (χ2v) is 7.13. The van der Waals surface area contributed by atoms with Gasteiger partial charge in [-0.3, -0.25) is 14.3 Å². The molecule has 1 unspecified atom stereocenters. The Bertz CT molecular complexity index is 621. The number of carbonyl (C=O) groups excluding carboxylic acids is 1. The minimum atomic E-state index is -0.739. The van der Waals surface area contributed by atoms with Gasteiger partial charge in [-0.2, -0.15) is 5.10 Å². The number of hydrogen-bond acceptors (Lipinski definition) is 4. The second kappa shape index (κ2) is 6.55. The Morgan fingerprint density at radius 3 is 2.54 bits per heavy atom. The molecule has 1 N–H and O–H groups in total. The molecule has 0 bridgehead atoms. The van der Waals surface area contributed by atoms with E-state index in [-0.39, 0.29) is 17.7 Å². The number of amides is 1. The predicted octanol–water partition coefficient (Wildman–Crippen LogP) is 1.39. The molecule has 1 aromatic rings. The van der Waals surface area contributed by atoms with Gasteiger partial charge in [0, 0.05) is 31.3 Å². The highest BCUT2D eigenvalue weighted by atomic mass is 16.5. The van der Waals surface area contributed by atoms with Gasteiger partial charge in [0.2, 0.25) is 5.91 Å². The Balaban J connectivity index is 1.64. The molecule has 132 valence electrons. The topological polar surface area (TPSA) is 84.7 Å². The summed E-state index contributed by atoms with van der Waals surface area (Å²) in [6.07, 6.45) is 6.22. The van der Waals surface area contributed by atoms with Crippen LogP contribution < -0.4 is 0 Å². The van der Waals surface area contributed by atoms with Crippen molar-refractivity contribution in [2.75, 3.05) is 19.7 Å². The number of rotatable bonds is 3. The van der Waals surface area contributed by atoms with Crippen LogP contribution in [0.4, 0.5) is 0 Å². The first kappa shape index (κ1) is 17.0. The molecule has 1 saturated carbocycles. The van der Waals surface area contributed by atoms with E-state index in [0.717, 1.165) is 5.56 Å². The summed E-state index contributed by atoms with van der Waals surface area (Å²) >= 11 is 0. The highest BCUT2D eigenvalue weighted by Crippen LogP contribution is 2.33. The summed E-state index contributed by atoms with van der Waals surface area (Å²) in [7, 11) is 1.86. The maximum absolute atomic E-state index is 12.9. The second-order valence-electron chi connectivity index (χ2n) is 7.13. The summed E-state index contributed by atoms with van der Waals surface area (Å²) in [5, 5.41) is 13.3. The van der Waals surface area contributed by atoms with Crippen LogP contribution in [-0.4, -0.2) is 51.4 Å². The third-order valence-electron chi connectivity index (χ3n) is 5.33. The van der Waals surface area contributed by atoms with Crippen LogP contribution in [0.25, 0.3) is 0 Å². The Morgan fingerprint density at radius 1 is 1.29 bits per heavy atom. The zero-order valence-electron chi connectivity index (χ0n) is 14.3. The van der Waals surface area contributed by atoms with Crippen LogP contribution in [-0.2, 0) is 27.0 Å². The number of aromatic nitrogens is 2. The normalized spacial score (nSPS) is 31.0. The van der Waals surface area contributed by atoms with Crippen molar-refractivity contribution in [2.24, 2.45) is 18.9 Å². The monoisotopic (exact) mass is 335 g/mol. The van der Waals surface area contributed by atoms with E-state index >= 15 is 0 Å². The van der Waals surface area contributed by atoms with Crippen LogP contribution in [0.1, 0.15) is 38.2 Å². The molecule has 1 aromatic heterocycles. The first-order valence-corrected chi connectivity index (χ1v) is 8.54. The lowest BCUT2D eigenvalue weighted by Gasteiger charge is -2.41. The number of morpholine rings is 1. The maximum atomic E-state index is 12.9. The smallest absolute Gasteiger partial charge is 0.306 e. The molecule has 0 aromatic carbocycles. The maximum Gasteiger partial charge on any atom is 0.306 e. The SMILES string of the molecule is Cn1cc(C2(C)CN(C(=O)C3CCC(C(=O)O)CC3)CCO2)cn1. The molecule has 2 fully saturated rings. The fourth-order valence-corrected chi connectivity index (χ4v) is 3.77. The van der Waals surface area contributed by atoms with E-state index < -0.39 is 11.6 Å². The van der Waals surface area contributed by atoms with Crippen molar-refractivity contribution in [3.05, 3.63) is 18.0 Å². The molecule has 7 nitrogen and oxygen atoms in total. The van der Waals surface area contributed by atoms with Crippen LogP contribution >= 0.6 is 0 Å². The van der Waals surface area contributed by atoms with Gasteiger partial charge in [-0.25, -0.2) is 0 Å². The molecule has 3 rings (SSSR count). The lowest BCUT2D eigenvalue weighted by atomic mass is 9.81. The van der Waals surface area contributed by atoms with Gasteiger partial charge >= 0.3 is 5.97 Å². The quantitative estimate of drug-likeness (QED) is 0.902. The van der Waals surface area contributed by atoms with Crippen LogP contribution in [0.15, 0.2) is 12.4 Å². The molecule has 24 heavy (non-hydrogen) atoms. The summed E-state index contributed by atoms with van der Waals surface area (Å²) in [6.45, 7) is 3.59.